The van der Waals surface area contributed by atoms with Crippen molar-refractivity contribution in [3.63, 3.8) is 0 Å². The van der Waals surface area contributed by atoms with E-state index in [-0.39, 0.29) is 5.92 Å². The molecule has 1 atom stereocenters. The minimum Gasteiger partial charge on any atom is -0.265 e. The second-order valence-corrected chi connectivity index (χ2v) is 8.24. The van der Waals surface area contributed by atoms with E-state index in [0.29, 0.717) is 10.8 Å². The van der Waals surface area contributed by atoms with Gasteiger partial charge in [-0.2, -0.15) is 0 Å². The Morgan fingerprint density at radius 3 is 2.63 bits per heavy atom. The van der Waals surface area contributed by atoms with Gasteiger partial charge in [-0.15, -0.1) is 11.3 Å². The third-order valence-electron chi connectivity index (χ3n) is 3.44. The predicted octanol–water partition coefficient (Wildman–Crippen LogP) is 3.37. The Balaban J connectivity index is 2.09. The maximum absolute atomic E-state index is 12.7. The van der Waals surface area contributed by atoms with Gasteiger partial charge in [0.2, 0.25) is 0 Å². The fourth-order valence-corrected chi connectivity index (χ4v) is 5.44. The van der Waals surface area contributed by atoms with Crippen LogP contribution in [0.25, 0.3) is 0 Å². The van der Waals surface area contributed by atoms with Crippen molar-refractivity contribution in [3.8, 4) is 0 Å². The van der Waals surface area contributed by atoms with E-state index in [4.69, 9.17) is 0 Å². The Labute approximate surface area is 117 Å². The molecule has 100 valence electrons. The summed E-state index contributed by atoms with van der Waals surface area (Å²) in [4.78, 5) is 1.01. The number of hydrogen-bond acceptors (Lipinski definition) is 3. The molecule has 5 heteroatoms. The van der Waals surface area contributed by atoms with Crippen LogP contribution in [0.3, 0.4) is 0 Å². The van der Waals surface area contributed by atoms with Crippen LogP contribution in [-0.4, -0.2) is 15.0 Å². The minimum absolute atomic E-state index is 0.243. The van der Waals surface area contributed by atoms with E-state index in [2.05, 4.69) is 6.92 Å². The number of sulfonamides is 1. The quantitative estimate of drug-likeness (QED) is 0.851. The zero-order valence-corrected chi connectivity index (χ0v) is 12.5. The summed E-state index contributed by atoms with van der Waals surface area (Å²) in [7, 11) is -3.41. The zero-order valence-electron chi connectivity index (χ0n) is 10.8. The molecule has 0 aliphatic carbocycles. The topological polar surface area (TPSA) is 37.4 Å². The Morgan fingerprint density at radius 1 is 1.21 bits per heavy atom. The van der Waals surface area contributed by atoms with Gasteiger partial charge in [0.05, 0.1) is 5.69 Å². The first kappa shape index (κ1) is 12.7. The molecule has 2 aromatic rings. The second-order valence-electron chi connectivity index (χ2n) is 4.86. The van der Waals surface area contributed by atoms with Crippen molar-refractivity contribution in [2.75, 3.05) is 10.8 Å². The van der Waals surface area contributed by atoms with Gasteiger partial charge in [-0.25, -0.2) is 8.42 Å². The normalized spacial score (nSPS) is 18.6. The van der Waals surface area contributed by atoms with Crippen LogP contribution in [0.4, 0.5) is 5.69 Å². The zero-order chi connectivity index (χ0) is 13.6. The molecule has 0 bridgehead atoms. The van der Waals surface area contributed by atoms with E-state index in [9.17, 15) is 8.42 Å². The molecule has 0 spiro atoms. The Morgan fingerprint density at radius 2 is 1.95 bits per heavy atom. The molecule has 19 heavy (non-hydrogen) atoms. The highest BCUT2D eigenvalue weighted by molar-refractivity contribution is 7.94. The van der Waals surface area contributed by atoms with Gasteiger partial charge in [-0.05, 0) is 30.7 Å². The number of thiophene rings is 1. The number of nitrogens with zero attached hydrogens (tertiary/aromatic N) is 1. The number of anilines is 1. The van der Waals surface area contributed by atoms with Crippen LogP contribution in [0.5, 0.6) is 0 Å². The van der Waals surface area contributed by atoms with E-state index in [1.165, 1.54) is 15.6 Å². The Hall–Kier alpha value is -1.33. The van der Waals surface area contributed by atoms with E-state index >= 15 is 0 Å². The molecule has 2 heterocycles. The SMILES string of the molecule is Cc1ccc(S(=O)(=O)N2CC(C)c3ccccc32)s1. The van der Waals surface area contributed by atoms with Gasteiger partial charge < -0.3 is 0 Å². The van der Waals surface area contributed by atoms with Crippen LogP contribution in [0.15, 0.2) is 40.6 Å². The van der Waals surface area contributed by atoms with Gasteiger partial charge in [0, 0.05) is 17.3 Å². The van der Waals surface area contributed by atoms with Crippen molar-refractivity contribution in [2.45, 2.75) is 24.0 Å². The molecule has 3 nitrogen and oxygen atoms in total. The lowest BCUT2D eigenvalue weighted by Crippen LogP contribution is -2.29. The van der Waals surface area contributed by atoms with Crippen molar-refractivity contribution >= 4 is 27.0 Å². The average Bonchev–Trinajstić information content (AvgIpc) is 2.95. The lowest BCUT2D eigenvalue weighted by molar-refractivity contribution is 0.592. The molecule has 3 rings (SSSR count). The molecule has 1 aromatic carbocycles. The van der Waals surface area contributed by atoms with Crippen molar-refractivity contribution in [2.24, 2.45) is 0 Å². The van der Waals surface area contributed by atoms with Crippen molar-refractivity contribution in [3.05, 3.63) is 46.8 Å². The van der Waals surface area contributed by atoms with E-state index in [1.54, 1.807) is 6.07 Å². The minimum atomic E-state index is -3.41. The highest BCUT2D eigenvalue weighted by atomic mass is 32.2. The maximum Gasteiger partial charge on any atom is 0.273 e. The van der Waals surface area contributed by atoms with Crippen LogP contribution in [-0.2, 0) is 10.0 Å². The summed E-state index contributed by atoms with van der Waals surface area (Å²) in [5, 5.41) is 0. The molecule has 0 fully saturated rings. The monoisotopic (exact) mass is 293 g/mol. The molecule has 1 unspecified atom stereocenters. The molecule has 0 N–H and O–H groups in total. The summed E-state index contributed by atoms with van der Waals surface area (Å²) in [6.45, 7) is 4.51. The first-order valence-electron chi connectivity index (χ1n) is 6.18. The Bertz CT molecular complexity index is 719. The van der Waals surface area contributed by atoms with Crippen molar-refractivity contribution in [1.29, 1.82) is 0 Å². The first-order chi connectivity index (χ1) is 9.00. The van der Waals surface area contributed by atoms with Gasteiger partial charge in [-0.1, -0.05) is 25.1 Å². The third kappa shape index (κ3) is 1.97. The fourth-order valence-electron chi connectivity index (χ4n) is 2.46. The highest BCUT2D eigenvalue weighted by Crippen LogP contribution is 2.40. The lowest BCUT2D eigenvalue weighted by atomic mass is 10.0. The van der Waals surface area contributed by atoms with Gasteiger partial charge >= 0.3 is 0 Å². The summed E-state index contributed by atoms with van der Waals surface area (Å²) < 4.78 is 27.3. The molecule has 1 aliphatic heterocycles. The van der Waals surface area contributed by atoms with Crippen LogP contribution in [0.1, 0.15) is 23.3 Å². The van der Waals surface area contributed by atoms with Gasteiger partial charge in [-0.3, -0.25) is 4.31 Å². The number of rotatable bonds is 2. The third-order valence-corrected chi connectivity index (χ3v) is 6.68. The molecular formula is C14H15NO2S2. The maximum atomic E-state index is 12.7. The summed E-state index contributed by atoms with van der Waals surface area (Å²) in [5.41, 5.74) is 1.93. The van der Waals surface area contributed by atoms with Crippen LogP contribution < -0.4 is 4.31 Å². The van der Waals surface area contributed by atoms with Crippen LogP contribution in [0.2, 0.25) is 0 Å². The largest absolute Gasteiger partial charge is 0.273 e. The standard InChI is InChI=1S/C14H15NO2S2/c1-10-9-15(13-6-4-3-5-12(10)13)19(16,17)14-8-7-11(2)18-14/h3-8,10H,9H2,1-2H3. The van der Waals surface area contributed by atoms with Crippen molar-refractivity contribution in [1.82, 2.24) is 0 Å². The molecule has 0 radical (unpaired) electrons. The average molecular weight is 293 g/mol. The van der Waals surface area contributed by atoms with Gasteiger partial charge in [0.15, 0.2) is 0 Å². The number of hydrogen-bond donors (Lipinski definition) is 0. The highest BCUT2D eigenvalue weighted by Gasteiger charge is 2.34. The van der Waals surface area contributed by atoms with E-state index in [0.717, 1.165) is 16.1 Å². The van der Waals surface area contributed by atoms with Crippen LogP contribution in [0, 0.1) is 6.92 Å². The predicted molar refractivity (Wildman–Crippen MR) is 78.4 cm³/mol. The van der Waals surface area contributed by atoms with E-state index in [1.807, 2.05) is 37.3 Å². The van der Waals surface area contributed by atoms with Crippen molar-refractivity contribution < 1.29 is 8.42 Å². The number of para-hydroxylation sites is 1. The number of aryl methyl sites for hydroxylation is 1. The first-order valence-corrected chi connectivity index (χ1v) is 8.44. The fraction of sp³-hybridized carbons (Fsp3) is 0.286. The van der Waals surface area contributed by atoms with Gasteiger partial charge in [0.1, 0.15) is 4.21 Å². The van der Waals surface area contributed by atoms with Gasteiger partial charge in [0.25, 0.3) is 10.0 Å². The molecule has 1 aliphatic rings. The van der Waals surface area contributed by atoms with Crippen LogP contribution >= 0.6 is 11.3 Å². The molecule has 0 amide bonds. The summed E-state index contributed by atoms with van der Waals surface area (Å²) in [6.07, 6.45) is 0. The van der Waals surface area contributed by atoms with E-state index < -0.39 is 10.0 Å². The molecular weight excluding hydrogens is 278 g/mol. The summed E-state index contributed by atoms with van der Waals surface area (Å²) in [6, 6.07) is 11.3. The lowest BCUT2D eigenvalue weighted by Gasteiger charge is -2.18. The molecule has 0 saturated heterocycles. The molecule has 1 aromatic heterocycles. The molecule has 0 saturated carbocycles. The smallest absolute Gasteiger partial charge is 0.265 e. The second kappa shape index (κ2) is 4.35. The Kier molecular flexibility index (Phi) is 2.91. The number of fused-ring (bicyclic) bond motifs is 1. The summed E-state index contributed by atoms with van der Waals surface area (Å²) >= 11 is 1.33. The number of benzene rings is 1. The summed E-state index contributed by atoms with van der Waals surface area (Å²) in [5.74, 6) is 0.243.